The molecule has 1 aliphatic carbocycles. The van der Waals surface area contributed by atoms with E-state index in [1.54, 1.807) is 13.3 Å². The molecule has 0 unspecified atom stereocenters. The minimum atomic E-state index is 0.105. The number of ether oxygens (including phenoxy) is 1. The number of aryl methyl sites for hydroxylation is 1. The third-order valence-electron chi connectivity index (χ3n) is 9.80. The Kier molecular flexibility index (Phi) is 10.1. The zero-order chi connectivity index (χ0) is 33.9. The van der Waals surface area contributed by atoms with Gasteiger partial charge in [-0.1, -0.05) is 59.6 Å². The Morgan fingerprint density at radius 2 is 1.61 bits per heavy atom. The van der Waals surface area contributed by atoms with Crippen molar-refractivity contribution in [1.29, 1.82) is 0 Å². The number of fused-ring (bicyclic) bond motifs is 1. The van der Waals surface area contributed by atoms with E-state index in [9.17, 15) is 9.59 Å². The number of nitrogens with zero attached hydrogens (tertiary/aromatic N) is 2. The van der Waals surface area contributed by atoms with Crippen LogP contribution in [0, 0.1) is 0 Å². The van der Waals surface area contributed by atoms with Gasteiger partial charge in [0.1, 0.15) is 0 Å². The fraction of sp³-hybridized carbons (Fsp3) is 0.368. The molecule has 2 aliphatic heterocycles. The second-order valence-electron chi connectivity index (χ2n) is 13.1. The number of halogens is 2. The quantitative estimate of drug-likeness (QED) is 0.143. The van der Waals surface area contributed by atoms with E-state index < -0.39 is 0 Å². The second kappa shape index (κ2) is 14.8. The highest BCUT2D eigenvalue weighted by atomic mass is 35.5. The third-order valence-corrected chi connectivity index (χ3v) is 10.6. The highest BCUT2D eigenvalue weighted by Gasteiger charge is 2.26. The van der Waals surface area contributed by atoms with Gasteiger partial charge in [0.05, 0.1) is 28.5 Å². The highest BCUT2D eigenvalue weighted by molar-refractivity contribution is 6.39. The molecular formula is C38H40Cl2N6O3. The van der Waals surface area contributed by atoms with Crippen molar-refractivity contribution in [3.8, 4) is 39.5 Å². The molecule has 49 heavy (non-hydrogen) atoms. The zero-order valence-corrected chi connectivity index (χ0v) is 29.0. The number of benzene rings is 2. The molecule has 2 fully saturated rings. The van der Waals surface area contributed by atoms with Crippen LogP contribution in [0.2, 0.25) is 10.0 Å². The number of hydrogen-bond acceptors (Lipinski definition) is 7. The maximum atomic E-state index is 11.6. The van der Waals surface area contributed by atoms with Crippen molar-refractivity contribution in [3.05, 3.63) is 87.5 Å². The summed E-state index contributed by atoms with van der Waals surface area (Å²) < 4.78 is 5.66. The number of carbonyl (C=O) groups is 2. The summed E-state index contributed by atoms with van der Waals surface area (Å²) >= 11 is 14.2. The third kappa shape index (κ3) is 7.31. The first-order chi connectivity index (χ1) is 23.9. The topological polar surface area (TPSA) is 117 Å². The number of nitrogens with one attached hydrogen (secondary N) is 4. The predicted octanol–water partition coefficient (Wildman–Crippen LogP) is 6.41. The molecule has 7 rings (SSSR count). The van der Waals surface area contributed by atoms with Gasteiger partial charge in [-0.2, -0.15) is 0 Å². The summed E-state index contributed by atoms with van der Waals surface area (Å²) in [5, 5.41) is 14.2. The van der Waals surface area contributed by atoms with Crippen molar-refractivity contribution in [3.63, 3.8) is 0 Å². The summed E-state index contributed by atoms with van der Waals surface area (Å²) in [6.07, 6.45) is 7.85. The van der Waals surface area contributed by atoms with Crippen molar-refractivity contribution >= 4 is 35.0 Å². The molecule has 3 atom stereocenters. The van der Waals surface area contributed by atoms with Gasteiger partial charge < -0.3 is 26.0 Å². The monoisotopic (exact) mass is 698 g/mol. The Morgan fingerprint density at radius 1 is 0.857 bits per heavy atom. The Hall–Kier alpha value is -4.02. The average Bonchev–Trinajstić information content (AvgIpc) is 3.74. The minimum Gasteiger partial charge on any atom is -0.481 e. The van der Waals surface area contributed by atoms with Gasteiger partial charge in [-0.15, -0.1) is 0 Å². The number of pyridine rings is 2. The van der Waals surface area contributed by atoms with Gasteiger partial charge in [-0.3, -0.25) is 14.6 Å². The lowest BCUT2D eigenvalue weighted by molar-refractivity contribution is -0.120. The minimum absolute atomic E-state index is 0.105. The predicted molar refractivity (Wildman–Crippen MR) is 193 cm³/mol. The van der Waals surface area contributed by atoms with E-state index in [1.165, 1.54) is 11.1 Å². The fourth-order valence-corrected chi connectivity index (χ4v) is 7.87. The molecular weight excluding hydrogens is 659 g/mol. The summed E-state index contributed by atoms with van der Waals surface area (Å²) in [5.41, 5.74) is 8.23. The second-order valence-corrected chi connectivity index (χ2v) is 13.8. The van der Waals surface area contributed by atoms with Gasteiger partial charge in [0.2, 0.25) is 17.7 Å². The van der Waals surface area contributed by atoms with Crippen molar-refractivity contribution in [2.45, 2.75) is 69.6 Å². The van der Waals surface area contributed by atoms with E-state index in [-0.39, 0.29) is 29.9 Å². The Morgan fingerprint density at radius 3 is 2.37 bits per heavy atom. The van der Waals surface area contributed by atoms with Crippen LogP contribution in [-0.2, 0) is 22.6 Å². The van der Waals surface area contributed by atoms with Crippen LogP contribution < -0.4 is 26.0 Å². The first kappa shape index (κ1) is 33.5. The van der Waals surface area contributed by atoms with Crippen LogP contribution in [0.25, 0.3) is 33.6 Å². The summed E-state index contributed by atoms with van der Waals surface area (Å²) in [6.45, 7) is 2.02. The van der Waals surface area contributed by atoms with E-state index in [1.807, 2.05) is 36.4 Å². The molecule has 4 heterocycles. The van der Waals surface area contributed by atoms with E-state index in [2.05, 4.69) is 39.5 Å². The Labute approximate surface area is 296 Å². The van der Waals surface area contributed by atoms with Crippen LogP contribution in [-0.4, -0.2) is 54.1 Å². The van der Waals surface area contributed by atoms with Crippen molar-refractivity contribution in [2.75, 3.05) is 20.2 Å². The number of carbonyl (C=O) groups excluding carboxylic acids is 2. The number of rotatable bonds is 11. The van der Waals surface area contributed by atoms with E-state index >= 15 is 0 Å². The molecule has 254 valence electrons. The van der Waals surface area contributed by atoms with Gasteiger partial charge in [0, 0.05) is 84.6 Å². The molecule has 11 heteroatoms. The lowest BCUT2D eigenvalue weighted by Gasteiger charge is -2.28. The molecule has 9 nitrogen and oxygen atoms in total. The maximum absolute atomic E-state index is 11.6. The van der Waals surface area contributed by atoms with Crippen molar-refractivity contribution in [1.82, 2.24) is 31.2 Å². The van der Waals surface area contributed by atoms with Crippen LogP contribution >= 0.6 is 23.2 Å². The van der Waals surface area contributed by atoms with Gasteiger partial charge in [-0.05, 0) is 61.4 Å². The van der Waals surface area contributed by atoms with Gasteiger partial charge in [0.25, 0.3) is 0 Å². The molecule has 0 radical (unpaired) electrons. The van der Waals surface area contributed by atoms with Gasteiger partial charge in [0.15, 0.2) is 0 Å². The molecule has 2 aromatic heterocycles. The van der Waals surface area contributed by atoms with E-state index in [0.29, 0.717) is 53.2 Å². The molecule has 0 spiro atoms. The number of methoxy groups -OCH3 is 1. The molecule has 3 aliphatic rings. The molecule has 0 saturated carbocycles. The molecule has 4 N–H and O–H groups in total. The number of hydrogen-bond donors (Lipinski definition) is 4. The van der Waals surface area contributed by atoms with E-state index in [0.717, 1.165) is 66.5 Å². The maximum Gasteiger partial charge on any atom is 0.220 e. The molecule has 2 saturated heterocycles. The first-order valence-corrected chi connectivity index (χ1v) is 17.8. The Bertz CT molecular complexity index is 1880. The largest absolute Gasteiger partial charge is 0.481 e. The lowest BCUT2D eigenvalue weighted by Crippen LogP contribution is -2.38. The summed E-state index contributed by atoms with van der Waals surface area (Å²) in [6, 6.07) is 18.8. The van der Waals surface area contributed by atoms with Crippen LogP contribution in [0.3, 0.4) is 0 Å². The molecule has 2 aromatic carbocycles. The average molecular weight is 700 g/mol. The normalized spacial score (nSPS) is 20.2. The Balaban J connectivity index is 1.10. The standard InChI is InChI=1S/C38H40Cl2N6O3/c1-49-38-24(19-41-20-25-10-14-33(47)44-25)9-13-32(46-38)30-6-3-5-28(35(30)39)29-16-17-42-37(36(29)40)23-8-12-27-22(18-23)4-2-7-31(27)43-21-26-11-15-34(48)45-26/h3,5-6,8-9,12-13,16-18,25-26,31,41,43H,2,4,7,10-11,14-15,19-21H2,1H3,(H,44,47)(H,45,48)/t25-,26-,31-/m1/s1. The van der Waals surface area contributed by atoms with Crippen LogP contribution in [0.5, 0.6) is 5.88 Å². The van der Waals surface area contributed by atoms with Crippen molar-refractivity contribution in [2.24, 2.45) is 0 Å². The molecule has 2 amide bonds. The number of amides is 2. The first-order valence-electron chi connectivity index (χ1n) is 17.0. The molecule has 0 bridgehead atoms. The van der Waals surface area contributed by atoms with Gasteiger partial charge >= 0.3 is 0 Å². The highest BCUT2D eigenvalue weighted by Crippen LogP contribution is 2.42. The smallest absolute Gasteiger partial charge is 0.220 e. The SMILES string of the molecule is COc1nc(-c2cccc(-c3ccnc(-c4ccc5c(c4)CCC[C@H]5NC[C@H]4CCC(=O)N4)c3Cl)c2Cl)ccc1CNC[C@H]1CCC(=O)N1. The summed E-state index contributed by atoms with van der Waals surface area (Å²) in [4.78, 5) is 32.7. The van der Waals surface area contributed by atoms with Crippen LogP contribution in [0.1, 0.15) is 61.3 Å². The zero-order valence-electron chi connectivity index (χ0n) is 27.5. The number of aromatic nitrogens is 2. The van der Waals surface area contributed by atoms with Crippen LogP contribution in [0.15, 0.2) is 60.8 Å². The fourth-order valence-electron chi connectivity index (χ4n) is 7.22. The summed E-state index contributed by atoms with van der Waals surface area (Å²) in [7, 11) is 1.61. The van der Waals surface area contributed by atoms with Crippen LogP contribution in [0.4, 0.5) is 0 Å². The molecule has 4 aromatic rings. The van der Waals surface area contributed by atoms with E-state index in [4.69, 9.17) is 37.9 Å². The van der Waals surface area contributed by atoms with Gasteiger partial charge in [-0.25, -0.2) is 4.98 Å². The summed E-state index contributed by atoms with van der Waals surface area (Å²) in [5.74, 6) is 0.762. The lowest BCUT2D eigenvalue weighted by atomic mass is 9.86. The van der Waals surface area contributed by atoms with Crippen molar-refractivity contribution < 1.29 is 14.3 Å².